The number of hydrogen-bond acceptors (Lipinski definition) is 3. The molecule has 1 aromatic heterocycles. The highest BCUT2D eigenvalue weighted by atomic mass is 16.2. The monoisotopic (exact) mass is 247 g/mol. The predicted molar refractivity (Wildman–Crippen MR) is 71.3 cm³/mol. The molecule has 1 fully saturated rings. The Morgan fingerprint density at radius 2 is 2.28 bits per heavy atom. The summed E-state index contributed by atoms with van der Waals surface area (Å²) in [6.45, 7) is 4.73. The standard InChI is InChI=1S/C14H21N3O/c1-10-7-12(9-16-8-10)14(18)17-6-4-3-5-13(17)11(2)15/h7-9,11,13H,3-6,15H2,1-2H3/t11-,13+/m0/s1. The van der Waals surface area contributed by atoms with Gasteiger partial charge in [0, 0.05) is 31.0 Å². The largest absolute Gasteiger partial charge is 0.334 e. The van der Waals surface area contributed by atoms with Crippen LogP contribution < -0.4 is 5.73 Å². The third-order valence-electron chi connectivity index (χ3n) is 3.54. The summed E-state index contributed by atoms with van der Waals surface area (Å²) in [7, 11) is 0. The van der Waals surface area contributed by atoms with Crippen LogP contribution in [0, 0.1) is 6.92 Å². The van der Waals surface area contributed by atoms with Crippen LogP contribution in [0.3, 0.4) is 0 Å². The van der Waals surface area contributed by atoms with Gasteiger partial charge in [-0.1, -0.05) is 0 Å². The van der Waals surface area contributed by atoms with E-state index in [4.69, 9.17) is 5.73 Å². The number of carbonyl (C=O) groups excluding carboxylic acids is 1. The van der Waals surface area contributed by atoms with Crippen LogP contribution in [0.5, 0.6) is 0 Å². The molecule has 4 heteroatoms. The van der Waals surface area contributed by atoms with Gasteiger partial charge in [0.05, 0.1) is 5.56 Å². The molecule has 1 saturated heterocycles. The van der Waals surface area contributed by atoms with Gasteiger partial charge >= 0.3 is 0 Å². The number of rotatable bonds is 2. The van der Waals surface area contributed by atoms with E-state index in [1.54, 1.807) is 12.4 Å². The first-order valence-electron chi connectivity index (χ1n) is 6.58. The second kappa shape index (κ2) is 5.48. The minimum Gasteiger partial charge on any atom is -0.334 e. The molecule has 2 atom stereocenters. The summed E-state index contributed by atoms with van der Waals surface area (Å²) in [4.78, 5) is 18.5. The van der Waals surface area contributed by atoms with Gasteiger partial charge in [0.1, 0.15) is 0 Å². The first kappa shape index (κ1) is 13.0. The lowest BCUT2D eigenvalue weighted by molar-refractivity contribution is 0.0583. The van der Waals surface area contributed by atoms with Crippen molar-refractivity contribution in [3.8, 4) is 0 Å². The minimum atomic E-state index is 0.0204. The number of aromatic nitrogens is 1. The van der Waals surface area contributed by atoms with E-state index in [0.29, 0.717) is 5.56 Å². The maximum Gasteiger partial charge on any atom is 0.255 e. The summed E-state index contributed by atoms with van der Waals surface area (Å²) in [6.07, 6.45) is 6.62. The number of carbonyl (C=O) groups is 1. The van der Waals surface area contributed by atoms with Crippen LogP contribution in [0.4, 0.5) is 0 Å². The topological polar surface area (TPSA) is 59.2 Å². The quantitative estimate of drug-likeness (QED) is 0.866. The number of hydrogen-bond donors (Lipinski definition) is 1. The third kappa shape index (κ3) is 2.70. The summed E-state index contributed by atoms with van der Waals surface area (Å²) in [5.74, 6) is 0.0631. The molecule has 4 nitrogen and oxygen atoms in total. The number of nitrogens with two attached hydrogens (primary N) is 1. The van der Waals surface area contributed by atoms with Crippen LogP contribution in [0.15, 0.2) is 18.5 Å². The molecule has 18 heavy (non-hydrogen) atoms. The highest BCUT2D eigenvalue weighted by Gasteiger charge is 2.29. The van der Waals surface area contributed by atoms with Gasteiger partial charge in [0.2, 0.25) is 0 Å². The fourth-order valence-electron chi connectivity index (χ4n) is 2.59. The van der Waals surface area contributed by atoms with E-state index >= 15 is 0 Å². The normalized spacial score (nSPS) is 21.7. The SMILES string of the molecule is Cc1cncc(C(=O)N2CCCC[C@@H]2[C@H](C)N)c1. The predicted octanol–water partition coefficient (Wildman–Crippen LogP) is 1.73. The van der Waals surface area contributed by atoms with Crippen molar-refractivity contribution in [1.29, 1.82) is 0 Å². The molecule has 0 aliphatic carbocycles. The molecule has 0 saturated carbocycles. The van der Waals surface area contributed by atoms with E-state index < -0.39 is 0 Å². The molecule has 0 unspecified atom stereocenters. The lowest BCUT2D eigenvalue weighted by Gasteiger charge is -2.38. The first-order chi connectivity index (χ1) is 8.59. The lowest BCUT2D eigenvalue weighted by atomic mass is 9.96. The van der Waals surface area contributed by atoms with Gasteiger partial charge in [-0.05, 0) is 44.7 Å². The molecular weight excluding hydrogens is 226 g/mol. The molecule has 1 aromatic rings. The van der Waals surface area contributed by atoms with Gasteiger partial charge in [-0.25, -0.2) is 0 Å². The van der Waals surface area contributed by atoms with E-state index in [0.717, 1.165) is 31.4 Å². The number of likely N-dealkylation sites (tertiary alicyclic amines) is 1. The second-order valence-corrected chi connectivity index (χ2v) is 5.17. The minimum absolute atomic E-state index is 0.0204. The lowest BCUT2D eigenvalue weighted by Crippen LogP contribution is -2.51. The number of aryl methyl sites for hydroxylation is 1. The Morgan fingerprint density at radius 1 is 1.50 bits per heavy atom. The zero-order valence-corrected chi connectivity index (χ0v) is 11.1. The number of nitrogens with zero attached hydrogens (tertiary/aromatic N) is 2. The Bertz CT molecular complexity index is 431. The van der Waals surface area contributed by atoms with Gasteiger partial charge in [-0.3, -0.25) is 9.78 Å². The van der Waals surface area contributed by atoms with Gasteiger partial charge in [0.25, 0.3) is 5.91 Å². The molecule has 0 aromatic carbocycles. The van der Waals surface area contributed by atoms with Crippen LogP contribution in [0.1, 0.15) is 42.1 Å². The van der Waals surface area contributed by atoms with E-state index in [9.17, 15) is 4.79 Å². The average molecular weight is 247 g/mol. The van der Waals surface area contributed by atoms with Crippen molar-refractivity contribution in [1.82, 2.24) is 9.88 Å². The molecule has 0 radical (unpaired) electrons. The van der Waals surface area contributed by atoms with Crippen molar-refractivity contribution in [2.24, 2.45) is 5.73 Å². The van der Waals surface area contributed by atoms with Crippen LogP contribution in [0.2, 0.25) is 0 Å². The summed E-state index contributed by atoms with van der Waals surface area (Å²) < 4.78 is 0. The molecule has 2 heterocycles. The Morgan fingerprint density at radius 3 is 2.94 bits per heavy atom. The Balaban J connectivity index is 2.21. The molecule has 0 spiro atoms. The van der Waals surface area contributed by atoms with Crippen molar-refractivity contribution < 1.29 is 4.79 Å². The van der Waals surface area contributed by atoms with E-state index in [1.165, 1.54) is 0 Å². The molecule has 0 bridgehead atoms. The smallest absolute Gasteiger partial charge is 0.255 e. The molecular formula is C14H21N3O. The molecule has 1 aliphatic rings. The molecule has 2 N–H and O–H groups in total. The van der Waals surface area contributed by atoms with Crippen LogP contribution >= 0.6 is 0 Å². The van der Waals surface area contributed by atoms with Gasteiger partial charge in [0.15, 0.2) is 0 Å². The Hall–Kier alpha value is -1.42. The van der Waals surface area contributed by atoms with E-state index in [-0.39, 0.29) is 18.0 Å². The van der Waals surface area contributed by atoms with Crippen molar-refractivity contribution in [3.63, 3.8) is 0 Å². The van der Waals surface area contributed by atoms with Gasteiger partial charge < -0.3 is 10.6 Å². The molecule has 1 aliphatic heterocycles. The molecule has 98 valence electrons. The summed E-state index contributed by atoms with van der Waals surface area (Å²) >= 11 is 0. The zero-order chi connectivity index (χ0) is 13.1. The fraction of sp³-hybridized carbons (Fsp3) is 0.571. The number of amides is 1. The third-order valence-corrected chi connectivity index (χ3v) is 3.54. The second-order valence-electron chi connectivity index (χ2n) is 5.17. The maximum atomic E-state index is 12.5. The van der Waals surface area contributed by atoms with Crippen LogP contribution in [0.25, 0.3) is 0 Å². The average Bonchev–Trinajstić information content (AvgIpc) is 2.38. The Labute approximate surface area is 108 Å². The van der Waals surface area contributed by atoms with Gasteiger partial charge in [-0.15, -0.1) is 0 Å². The van der Waals surface area contributed by atoms with E-state index in [2.05, 4.69) is 4.98 Å². The van der Waals surface area contributed by atoms with Crippen LogP contribution in [-0.4, -0.2) is 34.4 Å². The number of pyridine rings is 1. The summed E-state index contributed by atoms with van der Waals surface area (Å²) in [5.41, 5.74) is 7.67. The molecule has 2 rings (SSSR count). The number of piperidine rings is 1. The highest BCUT2D eigenvalue weighted by Crippen LogP contribution is 2.21. The maximum absolute atomic E-state index is 12.5. The van der Waals surface area contributed by atoms with Crippen molar-refractivity contribution in [2.75, 3.05) is 6.54 Å². The summed E-state index contributed by atoms with van der Waals surface area (Å²) in [6, 6.07) is 2.07. The summed E-state index contributed by atoms with van der Waals surface area (Å²) in [5, 5.41) is 0. The fourth-order valence-corrected chi connectivity index (χ4v) is 2.59. The van der Waals surface area contributed by atoms with E-state index in [1.807, 2.05) is 24.8 Å². The van der Waals surface area contributed by atoms with Crippen molar-refractivity contribution >= 4 is 5.91 Å². The Kier molecular flexibility index (Phi) is 3.97. The van der Waals surface area contributed by atoms with Crippen molar-refractivity contribution in [2.45, 2.75) is 45.2 Å². The van der Waals surface area contributed by atoms with Crippen LogP contribution in [-0.2, 0) is 0 Å². The van der Waals surface area contributed by atoms with Gasteiger partial charge in [-0.2, -0.15) is 0 Å². The zero-order valence-electron chi connectivity index (χ0n) is 11.1. The molecule has 1 amide bonds. The van der Waals surface area contributed by atoms with Crippen molar-refractivity contribution in [3.05, 3.63) is 29.6 Å². The first-order valence-corrected chi connectivity index (χ1v) is 6.58. The highest BCUT2D eigenvalue weighted by molar-refractivity contribution is 5.94.